The van der Waals surface area contributed by atoms with E-state index < -0.39 is 11.7 Å². The van der Waals surface area contributed by atoms with E-state index >= 15 is 0 Å². The Kier molecular flexibility index (Phi) is 4.37. The molecule has 1 aromatic heterocycles. The van der Waals surface area contributed by atoms with Crippen LogP contribution >= 0.6 is 0 Å². The van der Waals surface area contributed by atoms with E-state index in [4.69, 9.17) is 15.2 Å². The Balaban J connectivity index is 2.12. The molecule has 1 saturated heterocycles. The first-order valence-electron chi connectivity index (χ1n) is 7.11. The van der Waals surface area contributed by atoms with Crippen molar-refractivity contribution in [1.29, 1.82) is 0 Å². The van der Waals surface area contributed by atoms with E-state index in [9.17, 15) is 4.79 Å². The summed E-state index contributed by atoms with van der Waals surface area (Å²) in [5, 5.41) is 3.18. The van der Waals surface area contributed by atoms with E-state index in [-0.39, 0.29) is 12.0 Å². The van der Waals surface area contributed by atoms with E-state index in [1.54, 1.807) is 12.3 Å². The Morgan fingerprint density at radius 1 is 1.52 bits per heavy atom. The van der Waals surface area contributed by atoms with Crippen molar-refractivity contribution < 1.29 is 14.3 Å². The summed E-state index contributed by atoms with van der Waals surface area (Å²) in [7, 11) is 0. The molecular formula is C15H23N3O3. The average molecular weight is 293 g/mol. The van der Waals surface area contributed by atoms with Crippen LogP contribution in [0.15, 0.2) is 12.3 Å². The highest BCUT2D eigenvalue weighted by molar-refractivity contribution is 5.76. The zero-order chi connectivity index (χ0) is 15.6. The number of ether oxygens (including phenoxy) is 2. The number of carbonyl (C=O) groups is 1. The molecule has 0 bridgehead atoms. The quantitative estimate of drug-likeness (QED) is 0.817. The van der Waals surface area contributed by atoms with Crippen molar-refractivity contribution in [1.82, 2.24) is 10.3 Å². The second kappa shape index (κ2) is 5.89. The van der Waals surface area contributed by atoms with E-state index in [0.29, 0.717) is 11.4 Å². The van der Waals surface area contributed by atoms with E-state index in [1.807, 2.05) is 27.7 Å². The lowest BCUT2D eigenvalue weighted by Gasteiger charge is -2.35. The molecule has 6 heteroatoms. The van der Waals surface area contributed by atoms with Crippen LogP contribution in [-0.4, -0.2) is 35.2 Å². The lowest BCUT2D eigenvalue weighted by Crippen LogP contribution is -2.57. The summed E-state index contributed by atoms with van der Waals surface area (Å²) in [6.45, 7) is 8.20. The van der Waals surface area contributed by atoms with Gasteiger partial charge in [-0.2, -0.15) is 0 Å². The number of nitrogens with two attached hydrogens (primary N) is 1. The lowest BCUT2D eigenvalue weighted by molar-refractivity contribution is -0.165. The van der Waals surface area contributed by atoms with Crippen molar-refractivity contribution in [3.63, 3.8) is 0 Å². The minimum Gasteiger partial charge on any atom is -0.475 e. The molecule has 3 N–H and O–H groups in total. The summed E-state index contributed by atoms with van der Waals surface area (Å²) in [4.78, 5) is 16.5. The SMILES string of the molecule is Cc1ncc(OC(C(=O)OC(C)(C)C)[C@@H]2CCN2)cc1N. The van der Waals surface area contributed by atoms with Crippen molar-refractivity contribution in [3.8, 4) is 5.75 Å². The number of anilines is 1. The Morgan fingerprint density at radius 2 is 2.19 bits per heavy atom. The van der Waals surface area contributed by atoms with Gasteiger partial charge in [0.1, 0.15) is 11.4 Å². The zero-order valence-corrected chi connectivity index (χ0v) is 13.0. The van der Waals surface area contributed by atoms with Crippen LogP contribution in [0.5, 0.6) is 5.75 Å². The van der Waals surface area contributed by atoms with Crippen molar-refractivity contribution in [2.75, 3.05) is 12.3 Å². The standard InChI is InChI=1S/C15H23N3O3/c1-9-11(16)7-10(8-18-9)20-13(12-5-6-17-12)14(19)21-15(2,3)4/h7-8,12-13,17H,5-6,16H2,1-4H3/t12-,13?/m0/s1. The molecule has 1 aliphatic rings. The van der Waals surface area contributed by atoms with Gasteiger partial charge in [0.05, 0.1) is 23.6 Å². The maximum atomic E-state index is 12.3. The number of nitrogens with one attached hydrogen (secondary N) is 1. The molecule has 116 valence electrons. The van der Waals surface area contributed by atoms with Crippen molar-refractivity contribution in [3.05, 3.63) is 18.0 Å². The van der Waals surface area contributed by atoms with Gasteiger partial charge in [0.25, 0.3) is 0 Å². The molecule has 21 heavy (non-hydrogen) atoms. The molecule has 0 saturated carbocycles. The summed E-state index contributed by atoms with van der Waals surface area (Å²) >= 11 is 0. The Bertz CT molecular complexity index is 521. The lowest BCUT2D eigenvalue weighted by atomic mass is 10.0. The number of aromatic nitrogens is 1. The third-order valence-electron chi connectivity index (χ3n) is 3.23. The third-order valence-corrected chi connectivity index (χ3v) is 3.23. The number of rotatable bonds is 4. The highest BCUT2D eigenvalue weighted by Crippen LogP contribution is 2.22. The highest BCUT2D eigenvalue weighted by atomic mass is 16.6. The van der Waals surface area contributed by atoms with Crippen LogP contribution in [0.25, 0.3) is 0 Å². The maximum Gasteiger partial charge on any atom is 0.349 e. The Labute approximate surface area is 125 Å². The molecule has 1 aliphatic heterocycles. The Morgan fingerprint density at radius 3 is 2.67 bits per heavy atom. The summed E-state index contributed by atoms with van der Waals surface area (Å²) in [5.41, 5.74) is 6.55. The number of pyridine rings is 1. The fourth-order valence-electron chi connectivity index (χ4n) is 1.96. The number of nitrogens with zero attached hydrogens (tertiary/aromatic N) is 1. The second-order valence-electron chi connectivity index (χ2n) is 6.27. The molecule has 2 rings (SSSR count). The molecule has 0 amide bonds. The number of nitrogen functional groups attached to an aromatic ring is 1. The minimum absolute atomic E-state index is 0.0395. The van der Waals surface area contributed by atoms with Gasteiger partial charge in [0, 0.05) is 6.07 Å². The normalized spacial score (nSPS) is 19.5. The number of hydrogen-bond donors (Lipinski definition) is 2. The van der Waals surface area contributed by atoms with E-state index in [0.717, 1.165) is 18.7 Å². The van der Waals surface area contributed by atoms with Gasteiger partial charge in [-0.05, 0) is 40.7 Å². The van der Waals surface area contributed by atoms with Gasteiger partial charge in [-0.1, -0.05) is 0 Å². The third kappa shape index (κ3) is 4.07. The Hall–Kier alpha value is -1.82. The van der Waals surface area contributed by atoms with Crippen LogP contribution < -0.4 is 15.8 Å². The fourth-order valence-corrected chi connectivity index (χ4v) is 1.96. The first-order chi connectivity index (χ1) is 9.76. The number of carbonyl (C=O) groups excluding carboxylic acids is 1. The largest absolute Gasteiger partial charge is 0.475 e. The summed E-state index contributed by atoms with van der Waals surface area (Å²) < 4.78 is 11.2. The van der Waals surface area contributed by atoms with Gasteiger partial charge in [-0.15, -0.1) is 0 Å². The van der Waals surface area contributed by atoms with Crippen molar-refractivity contribution in [2.45, 2.75) is 51.9 Å². The second-order valence-corrected chi connectivity index (χ2v) is 6.27. The van der Waals surface area contributed by atoms with Crippen LogP contribution in [0.2, 0.25) is 0 Å². The van der Waals surface area contributed by atoms with Gasteiger partial charge < -0.3 is 20.5 Å². The van der Waals surface area contributed by atoms with Gasteiger partial charge in [0.15, 0.2) is 0 Å². The molecule has 6 nitrogen and oxygen atoms in total. The number of aryl methyl sites for hydroxylation is 1. The first-order valence-corrected chi connectivity index (χ1v) is 7.11. The average Bonchev–Trinajstić information content (AvgIpc) is 2.28. The van der Waals surface area contributed by atoms with Crippen LogP contribution in [0.1, 0.15) is 32.9 Å². The molecule has 1 unspecified atom stereocenters. The molecule has 0 aromatic carbocycles. The maximum absolute atomic E-state index is 12.3. The number of esters is 1. The van der Waals surface area contributed by atoms with Gasteiger partial charge in [-0.25, -0.2) is 4.79 Å². The highest BCUT2D eigenvalue weighted by Gasteiger charge is 2.37. The van der Waals surface area contributed by atoms with Crippen molar-refractivity contribution in [2.24, 2.45) is 0 Å². The fraction of sp³-hybridized carbons (Fsp3) is 0.600. The number of hydrogen-bond acceptors (Lipinski definition) is 6. The van der Waals surface area contributed by atoms with Crippen molar-refractivity contribution >= 4 is 11.7 Å². The molecule has 1 aromatic rings. The van der Waals surface area contributed by atoms with Crippen LogP contribution in [0.3, 0.4) is 0 Å². The predicted molar refractivity (Wildman–Crippen MR) is 80.1 cm³/mol. The minimum atomic E-state index is -0.693. The zero-order valence-electron chi connectivity index (χ0n) is 13.0. The summed E-state index contributed by atoms with van der Waals surface area (Å²) in [5.74, 6) is 0.0986. The van der Waals surface area contributed by atoms with E-state index in [2.05, 4.69) is 10.3 Å². The summed E-state index contributed by atoms with van der Waals surface area (Å²) in [6.07, 6.45) is 1.75. The molecule has 0 aliphatic carbocycles. The molecule has 0 spiro atoms. The molecule has 0 radical (unpaired) electrons. The monoisotopic (exact) mass is 293 g/mol. The van der Waals surface area contributed by atoms with E-state index in [1.165, 1.54) is 0 Å². The summed E-state index contributed by atoms with van der Waals surface area (Å²) in [6, 6.07) is 1.64. The molecule has 1 fully saturated rings. The van der Waals surface area contributed by atoms with Gasteiger partial charge >= 0.3 is 5.97 Å². The molecule has 2 atom stereocenters. The molecule has 2 heterocycles. The van der Waals surface area contributed by atoms with Crippen LogP contribution in [-0.2, 0) is 9.53 Å². The smallest absolute Gasteiger partial charge is 0.349 e. The topological polar surface area (TPSA) is 86.5 Å². The van der Waals surface area contributed by atoms with Crippen LogP contribution in [0, 0.1) is 6.92 Å². The van der Waals surface area contributed by atoms with Crippen LogP contribution in [0.4, 0.5) is 5.69 Å². The predicted octanol–water partition coefficient (Wildman–Crippen LogP) is 1.42. The van der Waals surface area contributed by atoms with Gasteiger partial charge in [-0.3, -0.25) is 4.98 Å². The van der Waals surface area contributed by atoms with Gasteiger partial charge in [0.2, 0.25) is 6.10 Å². The molecular weight excluding hydrogens is 270 g/mol. The first kappa shape index (κ1) is 15.6.